The van der Waals surface area contributed by atoms with E-state index in [0.717, 1.165) is 22.9 Å². The van der Waals surface area contributed by atoms with E-state index in [2.05, 4.69) is 0 Å². The maximum Gasteiger partial charge on any atom is 0.313 e. The fraction of sp³-hybridized carbons (Fsp3) is 0.333. The summed E-state index contributed by atoms with van der Waals surface area (Å²) in [5.41, 5.74) is 0.404. The van der Waals surface area contributed by atoms with Crippen molar-refractivity contribution in [3.8, 4) is 34.1 Å². The maximum atomic E-state index is 14.3. The second-order valence-corrected chi connectivity index (χ2v) is 12.3. The summed E-state index contributed by atoms with van der Waals surface area (Å²) in [5, 5.41) is 1.83. The molecule has 0 unspecified atom stereocenters. The Balaban J connectivity index is 0.000000338. The summed E-state index contributed by atoms with van der Waals surface area (Å²) >= 11 is 0. The van der Waals surface area contributed by atoms with E-state index in [0.29, 0.717) is 11.5 Å². The third-order valence-electron chi connectivity index (χ3n) is 6.72. The third-order valence-corrected chi connectivity index (χ3v) is 6.72. The molecular formula is C39H44F2O8. The minimum Gasteiger partial charge on any atom is -0.426 e. The molecule has 0 saturated heterocycles. The molecule has 4 aromatic carbocycles. The summed E-state index contributed by atoms with van der Waals surface area (Å²) < 4.78 is 49.1. The smallest absolute Gasteiger partial charge is 0.313 e. The number of benzene rings is 4. The van der Waals surface area contributed by atoms with E-state index in [4.69, 9.17) is 18.9 Å². The quantitative estimate of drug-likeness (QED) is 0.127. The zero-order chi connectivity index (χ0) is 35.7. The number of rotatable bonds is 9. The summed E-state index contributed by atoms with van der Waals surface area (Å²) in [6, 6.07) is 18.4. The molecule has 262 valence electrons. The Labute approximate surface area is 286 Å². The Morgan fingerprint density at radius 3 is 1.24 bits per heavy atom. The second-order valence-electron chi connectivity index (χ2n) is 12.3. The first kappa shape index (κ1) is 40.1. The van der Waals surface area contributed by atoms with Gasteiger partial charge in [-0.1, -0.05) is 81.0 Å². The van der Waals surface area contributed by atoms with Gasteiger partial charge in [-0.05, 0) is 64.9 Å². The van der Waals surface area contributed by atoms with Crippen LogP contribution in [0.25, 0.3) is 21.9 Å². The number of esters is 4. The van der Waals surface area contributed by atoms with Crippen LogP contribution in [0.15, 0.2) is 72.8 Å². The van der Waals surface area contributed by atoms with Crippen LogP contribution in [0.5, 0.6) is 23.0 Å². The van der Waals surface area contributed by atoms with Gasteiger partial charge in [0.25, 0.3) is 0 Å². The van der Waals surface area contributed by atoms with E-state index >= 15 is 0 Å². The van der Waals surface area contributed by atoms with E-state index in [1.165, 1.54) is 24.3 Å². The molecule has 10 heteroatoms. The topological polar surface area (TPSA) is 105 Å². The van der Waals surface area contributed by atoms with Crippen molar-refractivity contribution in [2.24, 2.45) is 23.7 Å². The zero-order valence-electron chi connectivity index (χ0n) is 28.3. The molecule has 0 spiro atoms. The molecule has 0 N–H and O–H groups in total. The summed E-state index contributed by atoms with van der Waals surface area (Å²) in [4.78, 5) is 46.3. The predicted molar refractivity (Wildman–Crippen MR) is 184 cm³/mol. The normalized spacial score (nSPS) is 10.7. The van der Waals surface area contributed by atoms with Crippen molar-refractivity contribution in [1.82, 2.24) is 0 Å². The third kappa shape index (κ3) is 11.5. The van der Waals surface area contributed by atoms with E-state index in [-0.39, 0.29) is 59.7 Å². The number of hydrogen-bond donors (Lipinski definition) is 0. The molecule has 0 aromatic heterocycles. The average Bonchev–Trinajstić information content (AvgIpc) is 3.02. The van der Waals surface area contributed by atoms with Gasteiger partial charge in [-0.3, -0.25) is 19.2 Å². The minimum atomic E-state index is -0.772. The molecule has 0 heterocycles. The first-order valence-electron chi connectivity index (χ1n) is 15.6. The predicted octanol–water partition coefficient (Wildman–Crippen LogP) is 9.35. The fourth-order valence-corrected chi connectivity index (χ4v) is 3.80. The van der Waals surface area contributed by atoms with Crippen LogP contribution < -0.4 is 18.9 Å². The molecule has 0 aliphatic carbocycles. The molecule has 0 saturated carbocycles. The zero-order valence-corrected chi connectivity index (χ0v) is 28.3. The maximum absolute atomic E-state index is 14.3. The van der Waals surface area contributed by atoms with Crippen LogP contribution in [-0.2, 0) is 19.2 Å². The molecule has 4 rings (SSSR count). The number of ether oxygens (including phenoxy) is 4. The van der Waals surface area contributed by atoms with E-state index < -0.39 is 29.5 Å². The Morgan fingerprint density at radius 2 is 0.857 bits per heavy atom. The number of carbonyl (C=O) groups is 4. The van der Waals surface area contributed by atoms with Crippen molar-refractivity contribution in [3.05, 3.63) is 84.4 Å². The van der Waals surface area contributed by atoms with Crippen molar-refractivity contribution in [2.75, 3.05) is 0 Å². The fourth-order valence-electron chi connectivity index (χ4n) is 3.80. The molecule has 8 nitrogen and oxygen atoms in total. The Bertz CT molecular complexity index is 1730. The van der Waals surface area contributed by atoms with Crippen molar-refractivity contribution >= 4 is 34.6 Å². The van der Waals surface area contributed by atoms with Gasteiger partial charge in [0, 0.05) is 11.6 Å². The summed E-state index contributed by atoms with van der Waals surface area (Å²) in [6.07, 6.45) is 0. The van der Waals surface area contributed by atoms with Crippen LogP contribution in [0.1, 0.15) is 62.8 Å². The van der Waals surface area contributed by atoms with Gasteiger partial charge in [-0.15, -0.1) is 0 Å². The summed E-state index contributed by atoms with van der Waals surface area (Å²) in [5.74, 6) is -3.18. The summed E-state index contributed by atoms with van der Waals surface area (Å²) in [6.45, 7) is 13.8. The first-order chi connectivity index (χ1) is 22.5. The highest BCUT2D eigenvalue weighted by molar-refractivity contribution is 5.87. The number of hydrogen-bond acceptors (Lipinski definition) is 8. The van der Waals surface area contributed by atoms with Crippen LogP contribution >= 0.6 is 0 Å². The van der Waals surface area contributed by atoms with Gasteiger partial charge in [0.15, 0.2) is 11.6 Å². The molecule has 0 aliphatic heterocycles. The van der Waals surface area contributed by atoms with Gasteiger partial charge in [-0.25, -0.2) is 8.78 Å². The highest BCUT2D eigenvalue weighted by Gasteiger charge is 2.17. The largest absolute Gasteiger partial charge is 0.426 e. The van der Waals surface area contributed by atoms with Crippen LogP contribution in [0.3, 0.4) is 0 Å². The molecule has 0 fully saturated rings. The van der Waals surface area contributed by atoms with E-state index in [1.54, 1.807) is 79.7 Å². The van der Waals surface area contributed by atoms with Crippen LogP contribution in [-0.4, -0.2) is 23.9 Å². The van der Waals surface area contributed by atoms with E-state index in [1.807, 2.05) is 12.1 Å². The lowest BCUT2D eigenvalue weighted by molar-refractivity contribution is -0.138. The lowest BCUT2D eigenvalue weighted by Gasteiger charge is -2.11. The SMILES string of the molecule is C.CC(C)C(=O)Oc1ccc(-c2ccc(OC(=O)C(C)C)c(F)c2)c(F)c1.CC(C)C(=O)Oc1ccc2cc(OC(=O)C(C)C)ccc2c1. The highest BCUT2D eigenvalue weighted by Crippen LogP contribution is 2.30. The minimum absolute atomic E-state index is 0. The molecule has 0 amide bonds. The van der Waals surface area contributed by atoms with Crippen molar-refractivity contribution in [1.29, 1.82) is 0 Å². The summed E-state index contributed by atoms with van der Waals surface area (Å²) in [7, 11) is 0. The number of carbonyl (C=O) groups excluding carboxylic acids is 4. The second kappa shape index (κ2) is 17.9. The number of halogens is 2. The number of fused-ring (bicyclic) bond motifs is 1. The van der Waals surface area contributed by atoms with Gasteiger partial charge in [0.05, 0.1) is 23.7 Å². The monoisotopic (exact) mass is 678 g/mol. The molecule has 0 aliphatic rings. The lowest BCUT2D eigenvalue weighted by atomic mass is 10.0. The van der Waals surface area contributed by atoms with Crippen LogP contribution in [0, 0.1) is 35.3 Å². The molecule has 4 aromatic rings. The van der Waals surface area contributed by atoms with Crippen LogP contribution in [0.4, 0.5) is 8.78 Å². The highest BCUT2D eigenvalue weighted by atomic mass is 19.1. The van der Waals surface area contributed by atoms with Gasteiger partial charge >= 0.3 is 23.9 Å². The van der Waals surface area contributed by atoms with Crippen LogP contribution in [0.2, 0.25) is 0 Å². The lowest BCUT2D eigenvalue weighted by Crippen LogP contribution is -2.15. The standard InChI is InChI=1S/C20H20F2O4.C18H20O4.CH4/c1-11(2)19(23)25-14-6-7-15(16(21)10-14)13-5-8-18(17(22)9-13)26-20(24)12(3)4;1-11(2)17(19)21-15-7-5-14-10-16(8-6-13(14)9-15)22-18(20)12(3)4;/h5-12H,1-4H3;5-12H,1-4H3;1H4. The van der Waals surface area contributed by atoms with E-state index in [9.17, 15) is 28.0 Å². The van der Waals surface area contributed by atoms with Gasteiger partial charge < -0.3 is 18.9 Å². The van der Waals surface area contributed by atoms with Gasteiger partial charge in [0.1, 0.15) is 23.1 Å². The van der Waals surface area contributed by atoms with Crippen molar-refractivity contribution in [2.45, 2.75) is 62.8 Å². The first-order valence-corrected chi connectivity index (χ1v) is 15.6. The molecule has 0 radical (unpaired) electrons. The Hall–Kier alpha value is -5.12. The van der Waals surface area contributed by atoms with Crippen molar-refractivity contribution in [3.63, 3.8) is 0 Å². The molecule has 0 bridgehead atoms. The molecule has 0 atom stereocenters. The molecule has 49 heavy (non-hydrogen) atoms. The van der Waals surface area contributed by atoms with Crippen molar-refractivity contribution < 1.29 is 46.9 Å². The average molecular weight is 679 g/mol. The Kier molecular flexibility index (Phi) is 14.6. The molecular weight excluding hydrogens is 634 g/mol. The van der Waals surface area contributed by atoms with Gasteiger partial charge in [-0.2, -0.15) is 0 Å². The van der Waals surface area contributed by atoms with Gasteiger partial charge in [0.2, 0.25) is 0 Å². The Morgan fingerprint density at radius 1 is 0.469 bits per heavy atom.